The van der Waals surface area contributed by atoms with Gasteiger partial charge in [-0.2, -0.15) is 0 Å². The van der Waals surface area contributed by atoms with Gasteiger partial charge in [0.25, 0.3) is 11.7 Å². The van der Waals surface area contributed by atoms with E-state index in [9.17, 15) is 19.8 Å². The van der Waals surface area contributed by atoms with Crippen molar-refractivity contribution in [1.82, 2.24) is 4.90 Å². The van der Waals surface area contributed by atoms with Gasteiger partial charge in [-0.25, -0.2) is 0 Å². The lowest BCUT2D eigenvalue weighted by atomic mass is 9.77. The lowest BCUT2D eigenvalue weighted by molar-refractivity contribution is -0.140. The number of aliphatic hydroxyl groups excluding tert-OH is 1. The normalized spacial score (nSPS) is 18.0. The number of rotatable bonds is 4. The number of phenols is 1. The number of likely N-dealkylation sites (tertiary alicyclic amines) is 1. The average molecular weight is 566 g/mol. The number of nitrogens with zero attached hydrogens (tertiary/aromatic N) is 1. The second kappa shape index (κ2) is 9.53. The van der Waals surface area contributed by atoms with Crippen molar-refractivity contribution in [3.8, 4) is 5.75 Å². The number of hydrogen-bond acceptors (Lipinski definition) is 5. The van der Waals surface area contributed by atoms with Crippen LogP contribution in [0.25, 0.3) is 5.76 Å². The summed E-state index contributed by atoms with van der Waals surface area (Å²) in [5, 5.41) is 22.6. The zero-order chi connectivity index (χ0) is 27.3. The third-order valence-electron chi connectivity index (χ3n) is 6.63. The number of carbonyl (C=O) groups excluding carboxylic acids is 2. The van der Waals surface area contributed by atoms with Gasteiger partial charge in [-0.05, 0) is 63.9 Å². The Morgan fingerprint density at radius 1 is 0.973 bits per heavy atom. The summed E-state index contributed by atoms with van der Waals surface area (Å²) < 4.78 is 6.32. The van der Waals surface area contributed by atoms with E-state index >= 15 is 0 Å². The third kappa shape index (κ3) is 5.10. The maximum atomic E-state index is 13.4. The van der Waals surface area contributed by atoms with Crippen LogP contribution in [0.5, 0.6) is 5.75 Å². The van der Waals surface area contributed by atoms with Gasteiger partial charge in [0.15, 0.2) is 0 Å². The molecule has 2 aromatic carbocycles. The SMILES string of the molecule is CC(C)(C)c1cc(C2C(=C(O)c3ccc(Br)cc3)C(=O)C(=O)N2Cc2ccco2)cc(C(C)(C)C)c1O. The maximum absolute atomic E-state index is 13.4. The van der Waals surface area contributed by atoms with E-state index in [0.29, 0.717) is 28.0 Å². The Balaban J connectivity index is 2.02. The van der Waals surface area contributed by atoms with Crippen LogP contribution in [0.4, 0.5) is 0 Å². The molecule has 1 aromatic heterocycles. The lowest BCUT2D eigenvalue weighted by Gasteiger charge is -2.31. The number of carbonyl (C=O) groups is 2. The highest BCUT2D eigenvalue weighted by Gasteiger charge is 2.47. The summed E-state index contributed by atoms with van der Waals surface area (Å²) in [6.45, 7) is 12.1. The molecular weight excluding hydrogens is 534 g/mol. The van der Waals surface area contributed by atoms with E-state index in [2.05, 4.69) is 15.9 Å². The van der Waals surface area contributed by atoms with Crippen molar-refractivity contribution in [2.24, 2.45) is 0 Å². The zero-order valence-corrected chi connectivity index (χ0v) is 23.5. The fourth-order valence-electron chi connectivity index (χ4n) is 4.68. The quantitative estimate of drug-likeness (QED) is 0.202. The van der Waals surface area contributed by atoms with Crippen LogP contribution in [0.15, 0.2) is 69.3 Å². The highest BCUT2D eigenvalue weighted by Crippen LogP contribution is 2.46. The Bertz CT molecular complexity index is 1340. The Labute approximate surface area is 225 Å². The van der Waals surface area contributed by atoms with Gasteiger partial charge in [0.2, 0.25) is 0 Å². The molecule has 194 valence electrons. The molecule has 2 heterocycles. The van der Waals surface area contributed by atoms with Crippen LogP contribution >= 0.6 is 15.9 Å². The molecule has 37 heavy (non-hydrogen) atoms. The number of phenolic OH excluding ortho intramolecular Hbond substituents is 1. The molecule has 1 unspecified atom stereocenters. The largest absolute Gasteiger partial charge is 0.507 e. The van der Waals surface area contributed by atoms with Crippen molar-refractivity contribution in [3.63, 3.8) is 0 Å². The predicted molar refractivity (Wildman–Crippen MR) is 146 cm³/mol. The minimum absolute atomic E-state index is 0.00397. The van der Waals surface area contributed by atoms with Crippen LogP contribution in [0.3, 0.4) is 0 Å². The number of benzene rings is 2. The lowest BCUT2D eigenvalue weighted by Crippen LogP contribution is -2.29. The van der Waals surface area contributed by atoms with Crippen LogP contribution in [-0.2, 0) is 27.0 Å². The molecule has 7 heteroatoms. The Hall–Kier alpha value is -3.32. The number of Topliss-reactive ketones (excluding diaryl/α,β-unsaturated/α-hetero) is 1. The van der Waals surface area contributed by atoms with Crippen LogP contribution in [0.1, 0.15) is 75.6 Å². The number of ketones is 1. The monoisotopic (exact) mass is 565 g/mol. The van der Waals surface area contributed by atoms with Gasteiger partial charge in [0.05, 0.1) is 24.4 Å². The highest BCUT2D eigenvalue weighted by molar-refractivity contribution is 9.10. The van der Waals surface area contributed by atoms with Gasteiger partial charge >= 0.3 is 0 Å². The minimum atomic E-state index is -0.878. The second-order valence-corrected chi connectivity index (χ2v) is 12.4. The Kier molecular flexibility index (Phi) is 6.88. The van der Waals surface area contributed by atoms with Crippen molar-refractivity contribution in [2.45, 2.75) is 65.0 Å². The summed E-state index contributed by atoms with van der Waals surface area (Å²) in [5.74, 6) is -1.02. The number of amides is 1. The molecule has 0 radical (unpaired) electrons. The van der Waals surface area contributed by atoms with E-state index < -0.39 is 28.6 Å². The third-order valence-corrected chi connectivity index (χ3v) is 7.16. The summed E-state index contributed by atoms with van der Waals surface area (Å²) in [6, 6.07) is 13.2. The molecule has 2 N–H and O–H groups in total. The van der Waals surface area contributed by atoms with Crippen LogP contribution in [-0.4, -0.2) is 26.8 Å². The number of hydrogen-bond donors (Lipinski definition) is 2. The molecule has 1 fully saturated rings. The number of furan rings is 1. The highest BCUT2D eigenvalue weighted by atomic mass is 79.9. The molecule has 1 amide bonds. The first-order chi connectivity index (χ1) is 17.2. The molecular formula is C30H32BrNO5. The van der Waals surface area contributed by atoms with Gasteiger partial charge in [0.1, 0.15) is 17.3 Å². The topological polar surface area (TPSA) is 91.0 Å². The van der Waals surface area contributed by atoms with Crippen molar-refractivity contribution in [2.75, 3.05) is 0 Å². The van der Waals surface area contributed by atoms with Gasteiger partial charge in [0, 0.05) is 10.0 Å². The fraction of sp³-hybridized carbons (Fsp3) is 0.333. The molecule has 0 spiro atoms. The van der Waals surface area contributed by atoms with Crippen LogP contribution in [0, 0.1) is 0 Å². The van der Waals surface area contributed by atoms with Crippen molar-refractivity contribution in [3.05, 3.63) is 92.9 Å². The first kappa shape index (κ1) is 26.7. The van der Waals surface area contributed by atoms with Crippen molar-refractivity contribution < 1.29 is 24.2 Å². The van der Waals surface area contributed by atoms with E-state index in [1.807, 2.05) is 53.7 Å². The van der Waals surface area contributed by atoms with E-state index in [1.54, 1.807) is 36.4 Å². The molecule has 0 saturated carbocycles. The van der Waals surface area contributed by atoms with E-state index in [-0.39, 0.29) is 23.6 Å². The Morgan fingerprint density at radius 3 is 2.03 bits per heavy atom. The zero-order valence-electron chi connectivity index (χ0n) is 21.9. The van der Waals surface area contributed by atoms with E-state index in [0.717, 1.165) is 4.47 Å². The molecule has 4 rings (SSSR count). The number of halogens is 1. The van der Waals surface area contributed by atoms with Crippen LogP contribution < -0.4 is 0 Å². The summed E-state index contributed by atoms with van der Waals surface area (Å²) in [7, 11) is 0. The van der Waals surface area contributed by atoms with Gasteiger partial charge < -0.3 is 19.5 Å². The first-order valence-electron chi connectivity index (χ1n) is 12.1. The molecule has 6 nitrogen and oxygen atoms in total. The smallest absolute Gasteiger partial charge is 0.296 e. The Morgan fingerprint density at radius 2 is 1.54 bits per heavy atom. The van der Waals surface area contributed by atoms with Crippen LogP contribution in [0.2, 0.25) is 0 Å². The molecule has 1 aliphatic heterocycles. The van der Waals surface area contributed by atoms with Crippen molar-refractivity contribution in [1.29, 1.82) is 0 Å². The van der Waals surface area contributed by atoms with E-state index in [1.165, 1.54) is 11.2 Å². The molecule has 0 aliphatic carbocycles. The van der Waals surface area contributed by atoms with Gasteiger partial charge in [-0.3, -0.25) is 9.59 Å². The second-order valence-electron chi connectivity index (χ2n) is 11.5. The first-order valence-corrected chi connectivity index (χ1v) is 12.9. The number of aliphatic hydroxyl groups is 1. The summed E-state index contributed by atoms with van der Waals surface area (Å²) in [6.07, 6.45) is 1.51. The number of aromatic hydroxyl groups is 1. The molecule has 1 atom stereocenters. The van der Waals surface area contributed by atoms with Crippen molar-refractivity contribution >= 4 is 33.4 Å². The van der Waals surface area contributed by atoms with Gasteiger partial charge in [-0.1, -0.05) is 69.6 Å². The standard InChI is InChI=1S/C30H32BrNO5/c1-29(2,3)21-14-18(15-22(26(21)34)30(4,5)6)24-23(25(33)17-9-11-19(31)12-10-17)27(35)28(36)32(24)16-20-8-7-13-37-20/h7-15,24,33-34H,16H2,1-6H3. The molecule has 1 saturated heterocycles. The van der Waals surface area contributed by atoms with Gasteiger partial charge in [-0.15, -0.1) is 0 Å². The minimum Gasteiger partial charge on any atom is -0.507 e. The summed E-state index contributed by atoms with van der Waals surface area (Å²) >= 11 is 3.39. The summed E-state index contributed by atoms with van der Waals surface area (Å²) in [5.41, 5.74) is 1.62. The fourth-order valence-corrected chi connectivity index (χ4v) is 4.95. The summed E-state index contributed by atoms with van der Waals surface area (Å²) in [4.78, 5) is 28.2. The maximum Gasteiger partial charge on any atom is 0.296 e. The average Bonchev–Trinajstić information content (AvgIpc) is 3.40. The molecule has 0 bridgehead atoms. The van der Waals surface area contributed by atoms with E-state index in [4.69, 9.17) is 4.42 Å². The molecule has 3 aromatic rings. The predicted octanol–water partition coefficient (Wildman–Crippen LogP) is 6.96. The molecule has 1 aliphatic rings.